The zero-order valence-electron chi connectivity index (χ0n) is 20.5. The summed E-state index contributed by atoms with van der Waals surface area (Å²) >= 11 is 0. The molecule has 0 unspecified atom stereocenters. The molecular formula is C28H27ClN6O. The Morgan fingerprint density at radius 3 is 2.53 bits per heavy atom. The molecule has 0 atom stereocenters. The minimum atomic E-state index is -0.679. The van der Waals surface area contributed by atoms with Gasteiger partial charge in [-0.05, 0) is 75.2 Å². The number of carbonyl (C=O) groups excluding carboxylic acids is 1. The Bertz CT molecular complexity index is 1430. The number of benzene rings is 2. The van der Waals surface area contributed by atoms with Crippen LogP contribution < -0.4 is 10.6 Å². The van der Waals surface area contributed by atoms with Gasteiger partial charge in [-0.25, -0.2) is 9.97 Å². The van der Waals surface area contributed by atoms with E-state index >= 15 is 0 Å². The van der Waals surface area contributed by atoms with Crippen molar-refractivity contribution in [3.05, 3.63) is 95.4 Å². The average molecular weight is 499 g/mol. The topological polar surface area (TPSA) is 104 Å². The van der Waals surface area contributed by atoms with Crippen molar-refractivity contribution in [2.24, 2.45) is 0 Å². The highest BCUT2D eigenvalue weighted by Gasteiger charge is 2.21. The lowest BCUT2D eigenvalue weighted by Crippen LogP contribution is -2.17. The Morgan fingerprint density at radius 1 is 1.00 bits per heavy atom. The second-order valence-corrected chi connectivity index (χ2v) is 8.89. The Morgan fingerprint density at radius 2 is 1.81 bits per heavy atom. The quantitative estimate of drug-likeness (QED) is 0.320. The van der Waals surface area contributed by atoms with Crippen LogP contribution in [0.2, 0.25) is 0 Å². The maximum atomic E-state index is 12.9. The van der Waals surface area contributed by atoms with Crippen molar-refractivity contribution in [3.63, 3.8) is 0 Å². The van der Waals surface area contributed by atoms with E-state index in [0.717, 1.165) is 28.1 Å². The maximum Gasteiger partial charge on any atom is 0.255 e. The van der Waals surface area contributed by atoms with E-state index in [-0.39, 0.29) is 18.3 Å². The number of carbonyl (C=O) groups is 1. The smallest absolute Gasteiger partial charge is 0.255 e. The van der Waals surface area contributed by atoms with Crippen molar-refractivity contribution in [3.8, 4) is 17.5 Å². The molecule has 2 aromatic heterocycles. The first kappa shape index (κ1) is 26.3. The van der Waals surface area contributed by atoms with Crippen LogP contribution in [-0.2, 0) is 5.41 Å². The molecule has 8 heteroatoms. The summed E-state index contributed by atoms with van der Waals surface area (Å²) in [4.78, 5) is 26.3. The van der Waals surface area contributed by atoms with Crippen molar-refractivity contribution < 1.29 is 4.79 Å². The molecule has 2 aromatic carbocycles. The number of nitrogens with one attached hydrogen (secondary N) is 2. The number of aromatic nitrogens is 3. The van der Waals surface area contributed by atoms with Gasteiger partial charge in [-0.15, -0.1) is 12.4 Å². The number of anilines is 3. The molecule has 0 spiro atoms. The summed E-state index contributed by atoms with van der Waals surface area (Å²) in [5, 5.41) is 15.7. The van der Waals surface area contributed by atoms with Gasteiger partial charge in [-0.3, -0.25) is 9.78 Å². The van der Waals surface area contributed by atoms with Gasteiger partial charge in [-0.2, -0.15) is 5.26 Å². The lowest BCUT2D eigenvalue weighted by molar-refractivity contribution is 0.102. The van der Waals surface area contributed by atoms with E-state index < -0.39 is 5.41 Å². The summed E-state index contributed by atoms with van der Waals surface area (Å²) in [6.45, 7) is 7.56. The Hall–Kier alpha value is -4.28. The number of aryl methyl sites for hydroxylation is 2. The molecule has 2 N–H and O–H groups in total. The summed E-state index contributed by atoms with van der Waals surface area (Å²) in [6.07, 6.45) is 3.44. The highest BCUT2D eigenvalue weighted by Crippen LogP contribution is 2.27. The molecule has 0 saturated carbocycles. The molecular weight excluding hydrogens is 472 g/mol. The van der Waals surface area contributed by atoms with E-state index in [1.54, 1.807) is 30.6 Å². The van der Waals surface area contributed by atoms with Gasteiger partial charge in [0, 0.05) is 46.7 Å². The Balaban J connectivity index is 0.00000361. The van der Waals surface area contributed by atoms with Crippen LogP contribution in [0.15, 0.2) is 73.1 Å². The standard InChI is InChI=1S/C28H26N6O.ClH/c1-18-10-11-23(32-27(35)20-7-5-9-22(14-20)28(3,4)17-29)15-24(18)33-25-13-19(2)31-26(34-25)21-8-6-12-30-16-21;/h5-16H,1-4H3,(H,32,35)(H,31,33,34);1H. The molecule has 0 radical (unpaired) electrons. The normalized spacial score (nSPS) is 10.6. The minimum Gasteiger partial charge on any atom is -0.340 e. The van der Waals surface area contributed by atoms with E-state index in [0.29, 0.717) is 22.9 Å². The zero-order chi connectivity index (χ0) is 25.0. The molecule has 0 aliphatic rings. The number of nitriles is 1. The van der Waals surface area contributed by atoms with E-state index in [1.165, 1.54) is 0 Å². The lowest BCUT2D eigenvalue weighted by atomic mass is 9.85. The summed E-state index contributed by atoms with van der Waals surface area (Å²) in [7, 11) is 0. The first-order chi connectivity index (χ1) is 16.7. The van der Waals surface area contributed by atoms with Gasteiger partial charge in [0.1, 0.15) is 5.82 Å². The van der Waals surface area contributed by atoms with E-state index in [2.05, 4.69) is 31.7 Å². The highest BCUT2D eigenvalue weighted by atomic mass is 35.5. The number of rotatable bonds is 6. The molecule has 0 aliphatic carbocycles. The average Bonchev–Trinajstić information content (AvgIpc) is 2.86. The number of halogens is 1. The third-order valence-electron chi connectivity index (χ3n) is 5.66. The SMILES string of the molecule is Cc1cc(Nc2cc(NC(=O)c3cccc(C(C)(C)C#N)c3)ccc2C)nc(-c2cccnc2)n1.Cl. The molecule has 4 aromatic rings. The van der Waals surface area contributed by atoms with Gasteiger partial charge >= 0.3 is 0 Å². The second-order valence-electron chi connectivity index (χ2n) is 8.89. The number of hydrogen-bond donors (Lipinski definition) is 2. The predicted octanol–water partition coefficient (Wildman–Crippen LogP) is 6.37. The Labute approximate surface area is 217 Å². The second kappa shape index (κ2) is 11.0. The summed E-state index contributed by atoms with van der Waals surface area (Å²) in [5.74, 6) is 0.990. The van der Waals surface area contributed by atoms with Crippen LogP contribution in [0.3, 0.4) is 0 Å². The van der Waals surface area contributed by atoms with Crippen LogP contribution in [0.4, 0.5) is 17.2 Å². The van der Waals surface area contributed by atoms with E-state index in [1.807, 2.05) is 70.2 Å². The van der Waals surface area contributed by atoms with Crippen LogP contribution >= 0.6 is 12.4 Å². The monoisotopic (exact) mass is 498 g/mol. The van der Waals surface area contributed by atoms with Gasteiger partial charge in [0.15, 0.2) is 5.82 Å². The van der Waals surface area contributed by atoms with Crippen molar-refractivity contribution >= 4 is 35.5 Å². The number of nitrogens with zero attached hydrogens (tertiary/aromatic N) is 4. The molecule has 7 nitrogen and oxygen atoms in total. The van der Waals surface area contributed by atoms with Crippen LogP contribution in [0.1, 0.15) is 41.0 Å². The first-order valence-corrected chi connectivity index (χ1v) is 11.2. The van der Waals surface area contributed by atoms with Crippen LogP contribution in [0.25, 0.3) is 11.4 Å². The molecule has 36 heavy (non-hydrogen) atoms. The number of amides is 1. The van der Waals surface area contributed by atoms with Crippen molar-refractivity contribution in [1.29, 1.82) is 5.26 Å². The van der Waals surface area contributed by atoms with Gasteiger partial charge in [0.05, 0.1) is 11.5 Å². The largest absolute Gasteiger partial charge is 0.340 e. The van der Waals surface area contributed by atoms with Crippen LogP contribution in [0, 0.1) is 25.2 Å². The maximum absolute atomic E-state index is 12.9. The first-order valence-electron chi connectivity index (χ1n) is 11.2. The summed E-state index contributed by atoms with van der Waals surface area (Å²) in [5.41, 5.74) is 4.73. The fourth-order valence-corrected chi connectivity index (χ4v) is 3.55. The van der Waals surface area contributed by atoms with Crippen molar-refractivity contribution in [2.45, 2.75) is 33.1 Å². The number of pyridine rings is 1. The lowest BCUT2D eigenvalue weighted by Gasteiger charge is -2.17. The summed E-state index contributed by atoms with van der Waals surface area (Å²) < 4.78 is 0. The molecule has 182 valence electrons. The third kappa shape index (κ3) is 6.04. The predicted molar refractivity (Wildman–Crippen MR) is 145 cm³/mol. The molecule has 0 saturated heterocycles. The van der Waals surface area contributed by atoms with Gasteiger partial charge in [0.2, 0.25) is 0 Å². The molecule has 0 bridgehead atoms. The fourth-order valence-electron chi connectivity index (χ4n) is 3.55. The molecule has 1 amide bonds. The van der Waals surface area contributed by atoms with Gasteiger partial charge < -0.3 is 10.6 Å². The van der Waals surface area contributed by atoms with Crippen LogP contribution in [0.5, 0.6) is 0 Å². The minimum absolute atomic E-state index is 0. The molecule has 0 aliphatic heterocycles. The highest BCUT2D eigenvalue weighted by molar-refractivity contribution is 6.04. The van der Waals surface area contributed by atoms with Crippen molar-refractivity contribution in [2.75, 3.05) is 10.6 Å². The molecule has 0 fully saturated rings. The molecule has 2 heterocycles. The van der Waals surface area contributed by atoms with Crippen molar-refractivity contribution in [1.82, 2.24) is 15.0 Å². The van der Waals surface area contributed by atoms with Gasteiger partial charge in [0.25, 0.3) is 5.91 Å². The van der Waals surface area contributed by atoms with Crippen LogP contribution in [-0.4, -0.2) is 20.9 Å². The summed E-state index contributed by atoms with van der Waals surface area (Å²) in [6, 6.07) is 20.7. The zero-order valence-corrected chi connectivity index (χ0v) is 21.4. The Kier molecular flexibility index (Phi) is 8.03. The fraction of sp³-hybridized carbons (Fsp3) is 0.179. The molecule has 4 rings (SSSR count). The van der Waals surface area contributed by atoms with E-state index in [4.69, 9.17) is 0 Å². The number of hydrogen-bond acceptors (Lipinski definition) is 6. The van der Waals surface area contributed by atoms with E-state index in [9.17, 15) is 10.1 Å². The van der Waals surface area contributed by atoms with Gasteiger partial charge in [-0.1, -0.05) is 18.2 Å². The third-order valence-corrected chi connectivity index (χ3v) is 5.66.